The molecule has 0 unspecified atom stereocenters. The van der Waals surface area contributed by atoms with Gasteiger partial charge in [0.15, 0.2) is 5.65 Å². The molecule has 29 heavy (non-hydrogen) atoms. The van der Waals surface area contributed by atoms with Crippen molar-refractivity contribution in [3.8, 4) is 11.1 Å². The van der Waals surface area contributed by atoms with Crippen molar-refractivity contribution in [2.45, 2.75) is 13.2 Å². The van der Waals surface area contributed by atoms with Crippen molar-refractivity contribution in [2.75, 3.05) is 27.7 Å². The van der Waals surface area contributed by atoms with E-state index in [1.165, 1.54) is 12.1 Å². The lowest BCUT2D eigenvalue weighted by molar-refractivity contribution is 0.181. The normalized spacial score (nSPS) is 11.8. The zero-order valence-electron chi connectivity index (χ0n) is 16.6. The molecule has 0 N–H and O–H groups in total. The highest BCUT2D eigenvalue weighted by atomic mass is 19.1. The first kappa shape index (κ1) is 19.2. The molecule has 0 fully saturated rings. The Hall–Kier alpha value is -3.10. The number of hydrogen-bond acceptors (Lipinski definition) is 5. The van der Waals surface area contributed by atoms with Gasteiger partial charge in [-0.15, -0.1) is 0 Å². The molecule has 4 aromatic rings. The van der Waals surface area contributed by atoms with Crippen molar-refractivity contribution in [1.82, 2.24) is 24.1 Å². The van der Waals surface area contributed by atoms with Gasteiger partial charge in [-0.2, -0.15) is 5.10 Å². The van der Waals surface area contributed by atoms with Crippen LogP contribution in [0.4, 0.5) is 4.39 Å². The van der Waals surface area contributed by atoms with E-state index in [9.17, 15) is 9.18 Å². The first-order valence-electron chi connectivity index (χ1n) is 9.29. The van der Waals surface area contributed by atoms with Crippen molar-refractivity contribution in [2.24, 2.45) is 0 Å². The molecule has 0 atom stereocenters. The standard InChI is InChI=1S/C21H22FN5O2/c1-25(2)10-11-26-9-8-18-16(21(26)28)12-23-20-19(14-4-6-15(22)7-5-14)17(13-29-3)24-27(18)20/h4-9,12H,10-11,13H2,1-3H3. The second-order valence-corrected chi connectivity index (χ2v) is 7.17. The first-order chi connectivity index (χ1) is 14.0. The SMILES string of the molecule is COCc1nn2c(ncc3c(=O)n(CCN(C)C)ccc32)c1-c1ccc(F)cc1. The maximum absolute atomic E-state index is 13.4. The largest absolute Gasteiger partial charge is 0.378 e. The van der Waals surface area contributed by atoms with Crippen LogP contribution < -0.4 is 5.56 Å². The minimum atomic E-state index is -0.310. The molecule has 0 aliphatic rings. The fourth-order valence-electron chi connectivity index (χ4n) is 3.39. The Morgan fingerprint density at radius 2 is 1.93 bits per heavy atom. The fraction of sp³-hybridized carbons (Fsp3) is 0.286. The van der Waals surface area contributed by atoms with E-state index in [0.29, 0.717) is 28.8 Å². The molecular weight excluding hydrogens is 373 g/mol. The molecule has 0 aliphatic carbocycles. The molecule has 150 valence electrons. The molecule has 7 nitrogen and oxygen atoms in total. The van der Waals surface area contributed by atoms with E-state index in [1.807, 2.05) is 25.1 Å². The number of hydrogen-bond donors (Lipinski definition) is 0. The van der Waals surface area contributed by atoms with Crippen LogP contribution in [0.15, 0.2) is 47.5 Å². The van der Waals surface area contributed by atoms with Crippen LogP contribution in [0.5, 0.6) is 0 Å². The van der Waals surface area contributed by atoms with E-state index < -0.39 is 0 Å². The van der Waals surface area contributed by atoms with Crippen LogP contribution in [0.25, 0.3) is 27.7 Å². The summed E-state index contributed by atoms with van der Waals surface area (Å²) in [7, 11) is 5.53. The summed E-state index contributed by atoms with van der Waals surface area (Å²) in [4.78, 5) is 19.5. The van der Waals surface area contributed by atoms with Crippen LogP contribution in [-0.4, -0.2) is 51.8 Å². The number of methoxy groups -OCH3 is 1. The molecular formula is C21H22FN5O2. The number of ether oxygens (including phenoxy) is 1. The Bertz CT molecular complexity index is 1230. The summed E-state index contributed by atoms with van der Waals surface area (Å²) >= 11 is 0. The predicted octanol–water partition coefficient (Wildman–Crippen LogP) is 2.56. The van der Waals surface area contributed by atoms with Gasteiger partial charge < -0.3 is 14.2 Å². The number of aromatic nitrogens is 4. The second kappa shape index (κ2) is 7.73. The molecule has 3 aromatic heterocycles. The van der Waals surface area contributed by atoms with E-state index in [-0.39, 0.29) is 18.0 Å². The van der Waals surface area contributed by atoms with Gasteiger partial charge in [0.1, 0.15) is 5.82 Å². The fourth-order valence-corrected chi connectivity index (χ4v) is 3.39. The summed E-state index contributed by atoms with van der Waals surface area (Å²) in [6, 6.07) is 8.06. The van der Waals surface area contributed by atoms with Gasteiger partial charge in [-0.05, 0) is 37.9 Å². The van der Waals surface area contributed by atoms with E-state index >= 15 is 0 Å². The zero-order valence-corrected chi connectivity index (χ0v) is 16.6. The Balaban J connectivity index is 1.92. The topological polar surface area (TPSA) is 64.7 Å². The molecule has 1 aromatic carbocycles. The third kappa shape index (κ3) is 3.52. The van der Waals surface area contributed by atoms with Gasteiger partial charge in [-0.3, -0.25) is 4.79 Å². The Labute approximate surface area is 167 Å². The van der Waals surface area contributed by atoms with Crippen molar-refractivity contribution < 1.29 is 9.13 Å². The quantitative estimate of drug-likeness (QED) is 0.502. The summed E-state index contributed by atoms with van der Waals surface area (Å²) in [5, 5.41) is 5.15. The van der Waals surface area contributed by atoms with Crippen LogP contribution in [0, 0.1) is 5.82 Å². The van der Waals surface area contributed by atoms with E-state index in [1.54, 1.807) is 40.7 Å². The number of pyridine rings is 1. The first-order valence-corrected chi connectivity index (χ1v) is 9.29. The molecule has 8 heteroatoms. The van der Waals surface area contributed by atoms with E-state index in [0.717, 1.165) is 17.7 Å². The predicted molar refractivity (Wildman–Crippen MR) is 109 cm³/mol. The average Bonchev–Trinajstić information content (AvgIpc) is 3.07. The highest BCUT2D eigenvalue weighted by Crippen LogP contribution is 2.29. The van der Waals surface area contributed by atoms with E-state index in [4.69, 9.17) is 4.74 Å². The molecule has 3 heterocycles. The zero-order chi connectivity index (χ0) is 20.5. The number of rotatable bonds is 6. The minimum absolute atomic E-state index is 0.106. The Morgan fingerprint density at radius 3 is 2.62 bits per heavy atom. The van der Waals surface area contributed by atoms with Gasteiger partial charge in [0.25, 0.3) is 5.56 Å². The smallest absolute Gasteiger partial charge is 0.261 e. The van der Waals surface area contributed by atoms with Crippen molar-refractivity contribution in [3.05, 3.63) is 64.6 Å². The van der Waals surface area contributed by atoms with Gasteiger partial charge in [-0.1, -0.05) is 12.1 Å². The lowest BCUT2D eigenvalue weighted by atomic mass is 10.1. The van der Waals surface area contributed by atoms with Gasteiger partial charge in [-0.25, -0.2) is 13.9 Å². The van der Waals surface area contributed by atoms with Crippen LogP contribution in [0.1, 0.15) is 5.69 Å². The maximum atomic E-state index is 13.4. The molecule has 0 amide bonds. The van der Waals surface area contributed by atoms with Crippen molar-refractivity contribution in [3.63, 3.8) is 0 Å². The molecule has 0 saturated heterocycles. The second-order valence-electron chi connectivity index (χ2n) is 7.17. The Morgan fingerprint density at radius 1 is 1.17 bits per heavy atom. The van der Waals surface area contributed by atoms with Crippen LogP contribution >= 0.6 is 0 Å². The lowest BCUT2D eigenvalue weighted by Crippen LogP contribution is -2.26. The van der Waals surface area contributed by atoms with Crippen LogP contribution in [0.2, 0.25) is 0 Å². The number of likely N-dealkylation sites (N-methyl/N-ethyl adjacent to an activating group) is 1. The molecule has 0 spiro atoms. The number of nitrogens with zero attached hydrogens (tertiary/aromatic N) is 5. The molecule has 0 aliphatic heterocycles. The van der Waals surface area contributed by atoms with Gasteiger partial charge in [0.2, 0.25) is 0 Å². The van der Waals surface area contributed by atoms with E-state index in [2.05, 4.69) is 10.1 Å². The highest BCUT2D eigenvalue weighted by molar-refractivity contribution is 5.86. The van der Waals surface area contributed by atoms with Gasteiger partial charge in [0.05, 0.1) is 28.8 Å². The molecule has 0 saturated carbocycles. The van der Waals surface area contributed by atoms with Crippen molar-refractivity contribution >= 4 is 16.6 Å². The summed E-state index contributed by atoms with van der Waals surface area (Å²) in [5.74, 6) is -0.310. The molecule has 4 rings (SSSR count). The average molecular weight is 395 g/mol. The third-order valence-corrected chi connectivity index (χ3v) is 4.86. The monoisotopic (exact) mass is 395 g/mol. The highest BCUT2D eigenvalue weighted by Gasteiger charge is 2.18. The van der Waals surface area contributed by atoms with Gasteiger partial charge in [0, 0.05) is 32.6 Å². The van der Waals surface area contributed by atoms with Crippen LogP contribution in [0.3, 0.4) is 0 Å². The van der Waals surface area contributed by atoms with Crippen LogP contribution in [-0.2, 0) is 17.9 Å². The maximum Gasteiger partial charge on any atom is 0.261 e. The Kier molecular flexibility index (Phi) is 5.12. The number of fused-ring (bicyclic) bond motifs is 3. The van der Waals surface area contributed by atoms with Crippen molar-refractivity contribution in [1.29, 1.82) is 0 Å². The van der Waals surface area contributed by atoms with Gasteiger partial charge >= 0.3 is 0 Å². The minimum Gasteiger partial charge on any atom is -0.378 e. The summed E-state index contributed by atoms with van der Waals surface area (Å²) in [6.45, 7) is 1.63. The third-order valence-electron chi connectivity index (χ3n) is 4.86. The summed E-state index contributed by atoms with van der Waals surface area (Å²) < 4.78 is 22.0. The summed E-state index contributed by atoms with van der Waals surface area (Å²) in [5.41, 5.74) is 3.40. The number of halogens is 1. The number of benzene rings is 1. The lowest BCUT2D eigenvalue weighted by Gasteiger charge is -2.12. The molecule has 0 bridgehead atoms. The summed E-state index contributed by atoms with van der Waals surface area (Å²) in [6.07, 6.45) is 3.37. The molecule has 0 radical (unpaired) electrons.